The lowest BCUT2D eigenvalue weighted by Gasteiger charge is -2.67. The van der Waals surface area contributed by atoms with Crippen LogP contribution in [0.15, 0.2) is 0 Å². The topological polar surface area (TPSA) is 302 Å². The molecule has 0 aromatic rings. The normalized spacial score (nSPS) is 54.6. The highest BCUT2D eigenvalue weighted by Crippen LogP contribution is 2.67. The van der Waals surface area contributed by atoms with Gasteiger partial charge >= 0.3 is 5.97 Å². The number of ether oxygens (including phenoxy) is 9. The maximum Gasteiger partial charge on any atom is 0.303 e. The second kappa shape index (κ2) is 19.7. The number of aliphatic hydroxyl groups is 10. The Morgan fingerprint density at radius 3 is 1.71 bits per heavy atom. The van der Waals surface area contributed by atoms with E-state index in [1.165, 1.54) is 13.8 Å². The summed E-state index contributed by atoms with van der Waals surface area (Å²) < 4.78 is 57.5. The molecular formula is C50H84O20. The summed E-state index contributed by atoms with van der Waals surface area (Å²) in [6.45, 7) is 18.5. The van der Waals surface area contributed by atoms with E-state index in [1.807, 2.05) is 6.92 Å². The summed E-state index contributed by atoms with van der Waals surface area (Å²) in [4.78, 5) is 12.7. The molecule has 5 heterocycles. The predicted molar refractivity (Wildman–Crippen MR) is 243 cm³/mol. The van der Waals surface area contributed by atoms with Crippen molar-refractivity contribution in [1.82, 2.24) is 0 Å². The number of rotatable bonds is 10. The molecule has 0 unspecified atom stereocenters. The van der Waals surface area contributed by atoms with Gasteiger partial charge in [0.25, 0.3) is 0 Å². The van der Waals surface area contributed by atoms with Gasteiger partial charge in [-0.05, 0) is 119 Å². The van der Waals surface area contributed by atoms with Gasteiger partial charge in [0.15, 0.2) is 18.9 Å². The van der Waals surface area contributed by atoms with Crippen molar-refractivity contribution in [2.24, 2.45) is 34.0 Å². The maximum atomic E-state index is 12.7. The van der Waals surface area contributed by atoms with Gasteiger partial charge in [-0.2, -0.15) is 0 Å². The third kappa shape index (κ3) is 9.24. The van der Waals surface area contributed by atoms with Gasteiger partial charge in [-0.15, -0.1) is 0 Å². The van der Waals surface area contributed by atoms with E-state index >= 15 is 0 Å². The summed E-state index contributed by atoms with van der Waals surface area (Å²) in [7, 11) is 0. The van der Waals surface area contributed by atoms with Crippen molar-refractivity contribution >= 4 is 5.97 Å². The van der Waals surface area contributed by atoms with Crippen molar-refractivity contribution < 1.29 is 98.5 Å². The molecule has 8 aliphatic rings. The van der Waals surface area contributed by atoms with Gasteiger partial charge in [0.05, 0.1) is 48.8 Å². The molecule has 70 heavy (non-hydrogen) atoms. The van der Waals surface area contributed by atoms with Gasteiger partial charge in [0.2, 0.25) is 0 Å². The van der Waals surface area contributed by atoms with Crippen LogP contribution in [0.3, 0.4) is 0 Å². The summed E-state index contributed by atoms with van der Waals surface area (Å²) in [5.74, 6) is -0.223. The Hall–Kier alpha value is -1.25. The molecule has 0 bridgehead atoms. The van der Waals surface area contributed by atoms with Crippen LogP contribution >= 0.6 is 0 Å². The van der Waals surface area contributed by atoms with E-state index in [2.05, 4.69) is 48.5 Å². The Bertz CT molecular complexity index is 1840. The predicted octanol–water partition coefficient (Wildman–Crippen LogP) is 0.304. The fourth-order valence-corrected chi connectivity index (χ4v) is 15.1. The first kappa shape index (κ1) is 55.0. The van der Waals surface area contributed by atoms with Crippen LogP contribution < -0.4 is 0 Å². The largest absolute Gasteiger partial charge is 0.459 e. The van der Waals surface area contributed by atoms with E-state index in [-0.39, 0.29) is 35.2 Å². The summed E-state index contributed by atoms with van der Waals surface area (Å²) in [6.07, 6.45) is -19.8. The van der Waals surface area contributed by atoms with Crippen molar-refractivity contribution in [2.45, 2.75) is 260 Å². The van der Waals surface area contributed by atoms with Crippen molar-refractivity contribution in [2.75, 3.05) is 13.2 Å². The highest BCUT2D eigenvalue weighted by atomic mass is 16.8. The Balaban J connectivity index is 1.01. The molecule has 8 rings (SSSR count). The number of fused-ring (bicyclic) bond motifs is 4. The van der Waals surface area contributed by atoms with Crippen molar-refractivity contribution in [1.29, 1.82) is 0 Å². The lowest BCUT2D eigenvalue weighted by molar-refractivity contribution is -0.398. The fourth-order valence-electron chi connectivity index (χ4n) is 15.1. The Kier molecular flexibility index (Phi) is 15.5. The molecular weight excluding hydrogens is 921 g/mol. The molecule has 8 fully saturated rings. The lowest BCUT2D eigenvalue weighted by atomic mass is 9.44. The monoisotopic (exact) mass is 1000 g/mol. The van der Waals surface area contributed by atoms with E-state index in [4.69, 9.17) is 42.6 Å². The molecule has 3 saturated carbocycles. The molecule has 10 N–H and O–H groups in total. The van der Waals surface area contributed by atoms with Crippen LogP contribution in [0.2, 0.25) is 0 Å². The van der Waals surface area contributed by atoms with E-state index in [9.17, 15) is 55.9 Å². The summed E-state index contributed by atoms with van der Waals surface area (Å²) >= 11 is 0. The fraction of sp³-hybridized carbons (Fsp3) is 0.980. The number of hydrogen-bond donors (Lipinski definition) is 10. The van der Waals surface area contributed by atoms with E-state index in [0.29, 0.717) is 32.1 Å². The zero-order chi connectivity index (χ0) is 51.4. The highest BCUT2D eigenvalue weighted by molar-refractivity contribution is 5.66. The first-order valence-electron chi connectivity index (χ1n) is 25.7. The molecule has 0 radical (unpaired) electrons. The summed E-state index contributed by atoms with van der Waals surface area (Å²) in [5.41, 5.74) is -3.29. The van der Waals surface area contributed by atoms with Gasteiger partial charge < -0.3 is 93.7 Å². The number of esters is 1. The van der Waals surface area contributed by atoms with Crippen LogP contribution in [0.4, 0.5) is 0 Å². The number of carbonyl (C=O) groups is 1. The Labute approximate surface area is 411 Å². The number of carbonyl (C=O) groups excluding carboxylic acids is 1. The molecule has 26 atom stereocenters. The van der Waals surface area contributed by atoms with Crippen molar-refractivity contribution in [3.63, 3.8) is 0 Å². The molecule has 20 heteroatoms. The van der Waals surface area contributed by atoms with Crippen LogP contribution in [-0.4, -0.2) is 204 Å². The van der Waals surface area contributed by atoms with Gasteiger partial charge in [-0.25, -0.2) is 0 Å². The second-order valence-electron chi connectivity index (χ2n) is 24.3. The molecule has 0 amide bonds. The Morgan fingerprint density at radius 1 is 0.557 bits per heavy atom. The molecule has 0 spiro atoms. The molecule has 0 aromatic carbocycles. The lowest BCUT2D eigenvalue weighted by Crippen LogP contribution is -2.71. The van der Waals surface area contributed by atoms with Crippen LogP contribution in [-0.2, 0) is 47.4 Å². The molecule has 20 nitrogen and oxygen atoms in total. The molecule has 404 valence electrons. The smallest absolute Gasteiger partial charge is 0.303 e. The van der Waals surface area contributed by atoms with Crippen LogP contribution in [0.25, 0.3) is 0 Å². The number of hydrogen-bond acceptors (Lipinski definition) is 20. The van der Waals surface area contributed by atoms with Crippen LogP contribution in [0.1, 0.15) is 127 Å². The standard InChI is InChI=1S/C50H84O20/c1-22-33(55)36(58)39(61)42(62-22)67-41-38(60)35(57)25(21-52)65-44(41)68-40-37(59)34(56)24(20-51)64-43(40)66-30-15-16-47(7)26(46(30,5)6)13-17-48(8)27(47)11-12-31(69-48)50(10)32(63-23(2)53)19-28-45(3,4)29(54)14-18-49(28,9)70-50/h22,24-44,51-52,54-61H,11-21H2,1-10H3/t22-,24+,25+,26-,27+,28+,29+,30-,31+,32-,33-,34-,35+,36+,37-,38-,39+,40+,41+,42-,43-,44-,47-,48+,49+,50+/m0/s1. The van der Waals surface area contributed by atoms with E-state index in [1.54, 1.807) is 0 Å². The molecule has 3 aliphatic carbocycles. The van der Waals surface area contributed by atoms with Crippen molar-refractivity contribution in [3.05, 3.63) is 0 Å². The first-order chi connectivity index (χ1) is 32.6. The number of aliphatic hydroxyl groups excluding tert-OH is 10. The Morgan fingerprint density at radius 2 is 1.13 bits per heavy atom. The van der Waals surface area contributed by atoms with Crippen LogP contribution in [0, 0.1) is 34.0 Å². The summed E-state index contributed by atoms with van der Waals surface area (Å²) in [5, 5.41) is 108. The molecule has 5 aliphatic heterocycles. The minimum Gasteiger partial charge on any atom is -0.459 e. The third-order valence-electron chi connectivity index (χ3n) is 19.3. The molecule has 0 aromatic heterocycles. The van der Waals surface area contributed by atoms with Crippen molar-refractivity contribution in [3.8, 4) is 0 Å². The molecule has 5 saturated heterocycles. The third-order valence-corrected chi connectivity index (χ3v) is 19.3. The minimum atomic E-state index is -1.85. The quantitative estimate of drug-likeness (QED) is 0.104. The summed E-state index contributed by atoms with van der Waals surface area (Å²) in [6, 6.07) is 0. The van der Waals surface area contributed by atoms with Gasteiger partial charge in [-0.3, -0.25) is 4.79 Å². The van der Waals surface area contributed by atoms with E-state index in [0.717, 1.165) is 25.7 Å². The first-order valence-corrected chi connectivity index (χ1v) is 25.7. The zero-order valence-corrected chi connectivity index (χ0v) is 42.5. The maximum absolute atomic E-state index is 12.7. The van der Waals surface area contributed by atoms with E-state index < -0.39 is 151 Å². The second-order valence-corrected chi connectivity index (χ2v) is 24.3. The average molecular weight is 1010 g/mol. The van der Waals surface area contributed by atoms with Gasteiger partial charge in [0.1, 0.15) is 78.8 Å². The van der Waals surface area contributed by atoms with Crippen LogP contribution in [0.5, 0.6) is 0 Å². The average Bonchev–Trinajstić information content (AvgIpc) is 3.29. The van der Waals surface area contributed by atoms with Gasteiger partial charge in [-0.1, -0.05) is 34.6 Å². The van der Waals surface area contributed by atoms with Gasteiger partial charge in [0, 0.05) is 6.92 Å². The highest BCUT2D eigenvalue weighted by Gasteiger charge is 2.68. The SMILES string of the molecule is CC(=O)O[C@H]1C[C@@H]2C(C)(C)[C@H](O)CC[C@@]2(C)O[C@]1(C)[C@H]1CC[C@@H]2[C@@]3(C)CC[C@H](O[C@@H]4O[C@H](CO)[C@H](O)[C@H](O)[C@H]4O[C@@H]4O[C@H](CO)[C@@H](O)[C@H](O)[C@H]4O[C@@H]4O[C@@H](C)[C@H](O)[C@@H](O)[C@H]4O)C(C)(C)[C@@H]3CC[C@@]2(C)O1. The minimum absolute atomic E-state index is 0.0503. The zero-order valence-electron chi connectivity index (χ0n) is 42.5.